The summed E-state index contributed by atoms with van der Waals surface area (Å²) < 4.78 is 6.11. The summed E-state index contributed by atoms with van der Waals surface area (Å²) in [5.74, 6) is 0.626. The minimum absolute atomic E-state index is 0.0444. The highest BCUT2D eigenvalue weighted by molar-refractivity contribution is 7.99. The van der Waals surface area contributed by atoms with Gasteiger partial charge in [-0.3, -0.25) is 0 Å². The zero-order valence-electron chi connectivity index (χ0n) is 18.3. The molecule has 0 spiro atoms. The van der Waals surface area contributed by atoms with E-state index in [1.807, 2.05) is 67.6 Å². The van der Waals surface area contributed by atoms with Crippen LogP contribution in [0.2, 0.25) is 0 Å². The van der Waals surface area contributed by atoms with E-state index in [0.717, 1.165) is 22.4 Å². The molecule has 0 aliphatic carbocycles. The van der Waals surface area contributed by atoms with E-state index in [1.54, 1.807) is 24.3 Å². The first-order chi connectivity index (χ1) is 16.1. The first-order valence-corrected chi connectivity index (χ1v) is 11.9. The molecular formula is C27H27NO4S. The summed E-state index contributed by atoms with van der Waals surface area (Å²) in [6.07, 6.45) is -1.59. The minimum atomic E-state index is -0.822. The topological polar surface area (TPSA) is 86.7 Å². The number of thioether (sulfide) groups is 1. The largest absolute Gasteiger partial charge is 0.431 e. The highest BCUT2D eigenvalue weighted by Gasteiger charge is 2.25. The Morgan fingerprint density at radius 2 is 1.45 bits per heavy atom. The van der Waals surface area contributed by atoms with Gasteiger partial charge in [-0.05, 0) is 11.1 Å². The molecule has 0 amide bonds. The molecule has 170 valence electrons. The molecule has 0 radical (unpaired) electrons. The lowest BCUT2D eigenvalue weighted by Crippen LogP contribution is -2.26. The Morgan fingerprint density at radius 1 is 0.848 bits per heavy atom. The van der Waals surface area contributed by atoms with Crippen LogP contribution in [0, 0.1) is 5.92 Å². The van der Waals surface area contributed by atoms with E-state index < -0.39 is 18.1 Å². The summed E-state index contributed by atoms with van der Waals surface area (Å²) in [6.45, 7) is 1.77. The SMILES string of the molecule is C[C@@H]([C@H](O)CSc1nc(-c2ccccc2)c(-c2ccccc2)o1)[C@@H](O)c1ccc(CO)cc1. The highest BCUT2D eigenvalue weighted by Crippen LogP contribution is 2.36. The normalized spacial score (nSPS) is 14.1. The van der Waals surface area contributed by atoms with Crippen molar-refractivity contribution in [3.05, 3.63) is 96.1 Å². The van der Waals surface area contributed by atoms with Crippen LogP contribution < -0.4 is 0 Å². The highest BCUT2D eigenvalue weighted by atomic mass is 32.2. The van der Waals surface area contributed by atoms with E-state index in [0.29, 0.717) is 22.3 Å². The third kappa shape index (κ3) is 5.54. The maximum absolute atomic E-state index is 10.7. The van der Waals surface area contributed by atoms with Gasteiger partial charge in [0.1, 0.15) is 5.69 Å². The number of aliphatic hydroxyl groups is 3. The van der Waals surface area contributed by atoms with Crippen LogP contribution in [-0.2, 0) is 6.61 Å². The second-order valence-corrected chi connectivity index (χ2v) is 8.94. The molecule has 33 heavy (non-hydrogen) atoms. The second kappa shape index (κ2) is 10.8. The van der Waals surface area contributed by atoms with Crippen LogP contribution in [0.1, 0.15) is 24.2 Å². The number of aromatic nitrogens is 1. The molecular weight excluding hydrogens is 434 g/mol. The molecule has 1 aromatic heterocycles. The lowest BCUT2D eigenvalue weighted by molar-refractivity contribution is 0.0329. The fourth-order valence-corrected chi connectivity index (χ4v) is 4.50. The van der Waals surface area contributed by atoms with E-state index in [-0.39, 0.29) is 6.61 Å². The number of hydrogen-bond acceptors (Lipinski definition) is 6. The molecule has 0 bridgehead atoms. The van der Waals surface area contributed by atoms with Crippen LogP contribution in [-0.4, -0.2) is 32.2 Å². The first kappa shape index (κ1) is 23.3. The quantitative estimate of drug-likeness (QED) is 0.292. The smallest absolute Gasteiger partial charge is 0.256 e. The van der Waals surface area contributed by atoms with Crippen LogP contribution in [0.3, 0.4) is 0 Å². The van der Waals surface area contributed by atoms with Crippen LogP contribution in [0.4, 0.5) is 0 Å². The van der Waals surface area contributed by atoms with E-state index in [4.69, 9.17) is 9.40 Å². The summed E-state index contributed by atoms with van der Waals surface area (Å²) in [4.78, 5) is 4.71. The average molecular weight is 462 g/mol. The van der Waals surface area contributed by atoms with Crippen LogP contribution >= 0.6 is 11.8 Å². The fourth-order valence-electron chi connectivity index (χ4n) is 3.58. The van der Waals surface area contributed by atoms with Crippen LogP contribution in [0.25, 0.3) is 22.6 Å². The van der Waals surface area contributed by atoms with Crippen molar-refractivity contribution in [2.45, 2.75) is 31.0 Å². The lowest BCUT2D eigenvalue weighted by Gasteiger charge is -2.24. The summed E-state index contributed by atoms with van der Waals surface area (Å²) in [5.41, 5.74) is 4.14. The molecule has 0 saturated heterocycles. The van der Waals surface area contributed by atoms with Crippen molar-refractivity contribution < 1.29 is 19.7 Å². The second-order valence-electron chi connectivity index (χ2n) is 7.97. The molecule has 0 unspecified atom stereocenters. The van der Waals surface area contributed by atoms with Gasteiger partial charge in [0.05, 0.1) is 18.8 Å². The summed E-state index contributed by atoms with van der Waals surface area (Å²) in [7, 11) is 0. The monoisotopic (exact) mass is 461 g/mol. The molecule has 0 fully saturated rings. The number of oxazole rings is 1. The van der Waals surface area contributed by atoms with E-state index in [9.17, 15) is 15.3 Å². The van der Waals surface area contributed by atoms with Crippen LogP contribution in [0.15, 0.2) is 94.6 Å². The lowest BCUT2D eigenvalue weighted by atomic mass is 9.93. The van der Waals surface area contributed by atoms with Gasteiger partial charge in [-0.1, -0.05) is 104 Å². The summed E-state index contributed by atoms with van der Waals surface area (Å²) >= 11 is 1.33. The molecule has 3 aromatic carbocycles. The maximum Gasteiger partial charge on any atom is 0.256 e. The molecule has 0 aliphatic rings. The number of benzene rings is 3. The Hall–Kier alpha value is -2.90. The number of nitrogens with zero attached hydrogens (tertiary/aromatic N) is 1. The van der Waals surface area contributed by atoms with Gasteiger partial charge in [0.2, 0.25) is 0 Å². The van der Waals surface area contributed by atoms with Gasteiger partial charge in [0.25, 0.3) is 5.22 Å². The molecule has 6 heteroatoms. The van der Waals surface area contributed by atoms with Crippen molar-refractivity contribution in [3.8, 4) is 22.6 Å². The maximum atomic E-state index is 10.7. The van der Waals surface area contributed by atoms with E-state index >= 15 is 0 Å². The molecule has 5 nitrogen and oxygen atoms in total. The molecule has 3 N–H and O–H groups in total. The molecule has 0 saturated carbocycles. The van der Waals surface area contributed by atoms with Gasteiger partial charge in [0, 0.05) is 22.8 Å². The zero-order chi connectivity index (χ0) is 23.2. The van der Waals surface area contributed by atoms with E-state index in [2.05, 4.69) is 0 Å². The average Bonchev–Trinajstić information content (AvgIpc) is 3.32. The Kier molecular flexibility index (Phi) is 7.62. The van der Waals surface area contributed by atoms with Gasteiger partial charge in [-0.25, -0.2) is 4.98 Å². The third-order valence-electron chi connectivity index (χ3n) is 5.68. The molecule has 0 aliphatic heterocycles. The van der Waals surface area contributed by atoms with Crippen molar-refractivity contribution in [1.29, 1.82) is 0 Å². The van der Waals surface area contributed by atoms with Crippen molar-refractivity contribution in [1.82, 2.24) is 4.98 Å². The van der Waals surface area contributed by atoms with Crippen molar-refractivity contribution in [2.24, 2.45) is 5.92 Å². The van der Waals surface area contributed by atoms with Gasteiger partial charge < -0.3 is 19.7 Å². The fraction of sp³-hybridized carbons (Fsp3) is 0.222. The first-order valence-electron chi connectivity index (χ1n) is 10.9. The van der Waals surface area contributed by atoms with Crippen molar-refractivity contribution in [2.75, 3.05) is 5.75 Å². The van der Waals surface area contributed by atoms with Gasteiger partial charge >= 0.3 is 0 Å². The Bertz CT molecular complexity index is 1090. The number of aliphatic hydroxyl groups excluding tert-OH is 3. The predicted molar refractivity (Wildman–Crippen MR) is 131 cm³/mol. The van der Waals surface area contributed by atoms with Crippen molar-refractivity contribution >= 4 is 11.8 Å². The number of rotatable bonds is 9. The van der Waals surface area contributed by atoms with Gasteiger partial charge in [-0.2, -0.15) is 0 Å². The Balaban J connectivity index is 1.49. The molecule has 3 atom stereocenters. The standard InChI is InChI=1S/C27H27NO4S/c1-18(25(31)21-14-12-19(16-29)13-15-21)23(30)17-33-27-28-24(20-8-4-2-5-9-20)26(32-27)22-10-6-3-7-11-22/h2-15,18,23,25,29-31H,16-17H2,1H3/t18-,23+,25+/m0/s1. The summed E-state index contributed by atoms with van der Waals surface area (Å²) in [5, 5.41) is 31.1. The van der Waals surface area contributed by atoms with Gasteiger partial charge in [-0.15, -0.1) is 0 Å². The van der Waals surface area contributed by atoms with E-state index in [1.165, 1.54) is 11.8 Å². The van der Waals surface area contributed by atoms with Gasteiger partial charge in [0.15, 0.2) is 5.76 Å². The molecule has 4 aromatic rings. The number of hydrogen-bond donors (Lipinski definition) is 3. The molecule has 4 rings (SSSR count). The zero-order valence-corrected chi connectivity index (χ0v) is 19.2. The Labute approximate surface area is 197 Å². The van der Waals surface area contributed by atoms with Crippen LogP contribution in [0.5, 0.6) is 0 Å². The summed E-state index contributed by atoms with van der Waals surface area (Å²) in [6, 6.07) is 26.8. The molecule has 1 heterocycles. The minimum Gasteiger partial charge on any atom is -0.431 e. The predicted octanol–water partition coefficient (Wildman–Crippen LogP) is 5.32. The third-order valence-corrected chi connectivity index (χ3v) is 6.61. The van der Waals surface area contributed by atoms with Crippen molar-refractivity contribution in [3.63, 3.8) is 0 Å². The Morgan fingerprint density at radius 3 is 2.06 bits per heavy atom.